The first-order chi connectivity index (χ1) is 12.0. The van der Waals surface area contributed by atoms with E-state index in [0.717, 1.165) is 25.9 Å². The molecule has 1 saturated heterocycles. The van der Waals surface area contributed by atoms with Crippen molar-refractivity contribution in [1.82, 2.24) is 9.88 Å². The Bertz CT molecular complexity index is 752. The lowest BCUT2D eigenvalue weighted by atomic mass is 9.99. The van der Waals surface area contributed by atoms with Crippen molar-refractivity contribution in [2.75, 3.05) is 23.7 Å². The minimum Gasteiger partial charge on any atom is -0.338 e. The second kappa shape index (κ2) is 7.65. The molecule has 0 bridgehead atoms. The second-order valence-electron chi connectivity index (χ2n) is 6.35. The maximum absolute atomic E-state index is 12.7. The van der Waals surface area contributed by atoms with Gasteiger partial charge >= 0.3 is 6.03 Å². The van der Waals surface area contributed by atoms with Gasteiger partial charge in [-0.3, -0.25) is 10.1 Å². The third kappa shape index (κ3) is 4.36. The van der Waals surface area contributed by atoms with Crippen molar-refractivity contribution < 1.29 is 9.59 Å². The Labute approximate surface area is 151 Å². The summed E-state index contributed by atoms with van der Waals surface area (Å²) in [4.78, 5) is 31.6. The van der Waals surface area contributed by atoms with E-state index in [4.69, 9.17) is 0 Å². The number of aromatic nitrogens is 1. The van der Waals surface area contributed by atoms with Gasteiger partial charge in [0.05, 0.1) is 5.69 Å². The Hall–Kier alpha value is -2.41. The summed E-state index contributed by atoms with van der Waals surface area (Å²) in [6.45, 7) is 5.59. The van der Waals surface area contributed by atoms with Crippen molar-refractivity contribution in [2.24, 2.45) is 5.92 Å². The summed E-state index contributed by atoms with van der Waals surface area (Å²) >= 11 is 1.23. The fraction of sp³-hybridized carbons (Fsp3) is 0.389. The predicted molar refractivity (Wildman–Crippen MR) is 100 cm³/mol. The van der Waals surface area contributed by atoms with E-state index in [9.17, 15) is 9.59 Å². The number of para-hydroxylation sites is 1. The highest BCUT2D eigenvalue weighted by molar-refractivity contribution is 7.17. The van der Waals surface area contributed by atoms with Gasteiger partial charge in [0, 0.05) is 18.8 Å². The summed E-state index contributed by atoms with van der Waals surface area (Å²) in [5.41, 5.74) is 1.36. The number of thiazole rings is 1. The molecule has 2 heterocycles. The van der Waals surface area contributed by atoms with Crippen LogP contribution in [0.1, 0.15) is 35.1 Å². The lowest BCUT2D eigenvalue weighted by Crippen LogP contribution is -2.37. The summed E-state index contributed by atoms with van der Waals surface area (Å²) < 4.78 is 0. The number of hydrogen-bond acceptors (Lipinski definition) is 4. The second-order valence-corrected chi connectivity index (χ2v) is 7.35. The van der Waals surface area contributed by atoms with Gasteiger partial charge in [-0.25, -0.2) is 9.78 Å². The zero-order valence-electron chi connectivity index (χ0n) is 14.4. The highest BCUT2D eigenvalue weighted by Crippen LogP contribution is 2.26. The van der Waals surface area contributed by atoms with Gasteiger partial charge in [0.1, 0.15) is 4.88 Å². The molecule has 0 unspecified atom stereocenters. The quantitative estimate of drug-likeness (QED) is 0.872. The zero-order valence-corrected chi connectivity index (χ0v) is 15.2. The van der Waals surface area contributed by atoms with E-state index in [1.54, 1.807) is 19.1 Å². The van der Waals surface area contributed by atoms with Crippen molar-refractivity contribution in [1.29, 1.82) is 0 Å². The molecule has 1 aliphatic heterocycles. The van der Waals surface area contributed by atoms with Crippen LogP contribution in [0.4, 0.5) is 15.6 Å². The van der Waals surface area contributed by atoms with Crippen molar-refractivity contribution >= 4 is 34.1 Å². The largest absolute Gasteiger partial charge is 0.338 e. The number of carbonyl (C=O) groups excluding carboxylic acids is 2. The number of aryl methyl sites for hydroxylation is 1. The maximum Gasteiger partial charge on any atom is 0.325 e. The van der Waals surface area contributed by atoms with Crippen LogP contribution in [0.15, 0.2) is 30.3 Å². The third-order valence-corrected chi connectivity index (χ3v) is 5.37. The van der Waals surface area contributed by atoms with Gasteiger partial charge in [0.15, 0.2) is 5.13 Å². The van der Waals surface area contributed by atoms with Crippen LogP contribution in [-0.2, 0) is 0 Å². The third-order valence-electron chi connectivity index (χ3n) is 4.31. The molecular weight excluding hydrogens is 336 g/mol. The topological polar surface area (TPSA) is 74.3 Å². The molecule has 3 amide bonds. The van der Waals surface area contributed by atoms with E-state index in [0.29, 0.717) is 27.3 Å². The number of urea groups is 1. The van der Waals surface area contributed by atoms with Crippen LogP contribution in [0.3, 0.4) is 0 Å². The van der Waals surface area contributed by atoms with Crippen molar-refractivity contribution in [3.63, 3.8) is 0 Å². The molecule has 0 aliphatic carbocycles. The van der Waals surface area contributed by atoms with Crippen LogP contribution in [-0.4, -0.2) is 34.9 Å². The molecule has 0 atom stereocenters. The molecular formula is C18H22N4O2S. The van der Waals surface area contributed by atoms with Gasteiger partial charge in [-0.2, -0.15) is 0 Å². The van der Waals surface area contributed by atoms with E-state index < -0.39 is 0 Å². The van der Waals surface area contributed by atoms with Crippen molar-refractivity contribution in [2.45, 2.75) is 26.7 Å². The van der Waals surface area contributed by atoms with E-state index in [1.807, 2.05) is 23.1 Å². The molecule has 6 nitrogen and oxygen atoms in total. The number of nitrogens with zero attached hydrogens (tertiary/aromatic N) is 2. The molecule has 25 heavy (non-hydrogen) atoms. The zero-order chi connectivity index (χ0) is 17.8. The molecule has 1 aromatic heterocycles. The number of carbonyl (C=O) groups is 2. The number of amides is 3. The Morgan fingerprint density at radius 1 is 1.16 bits per heavy atom. The molecule has 3 rings (SSSR count). The first kappa shape index (κ1) is 17.4. The van der Waals surface area contributed by atoms with Crippen molar-refractivity contribution in [3.8, 4) is 0 Å². The number of benzene rings is 1. The van der Waals surface area contributed by atoms with E-state index in [1.165, 1.54) is 11.3 Å². The van der Waals surface area contributed by atoms with Crippen LogP contribution in [0.5, 0.6) is 0 Å². The Kier molecular flexibility index (Phi) is 5.33. The number of piperidine rings is 1. The fourth-order valence-corrected chi connectivity index (χ4v) is 3.71. The van der Waals surface area contributed by atoms with E-state index >= 15 is 0 Å². The smallest absolute Gasteiger partial charge is 0.325 e. The summed E-state index contributed by atoms with van der Waals surface area (Å²) in [5, 5.41) is 5.87. The molecule has 2 aromatic rings. The molecule has 7 heteroatoms. The average Bonchev–Trinajstić information content (AvgIpc) is 2.96. The summed E-state index contributed by atoms with van der Waals surface area (Å²) in [6, 6.07) is 8.81. The average molecular weight is 358 g/mol. The summed E-state index contributed by atoms with van der Waals surface area (Å²) in [5.74, 6) is 0.684. The Balaban J connectivity index is 1.63. The number of nitrogens with one attached hydrogen (secondary N) is 2. The molecule has 0 radical (unpaired) electrons. The van der Waals surface area contributed by atoms with Gasteiger partial charge in [-0.05, 0) is 37.8 Å². The molecule has 0 spiro atoms. The van der Waals surface area contributed by atoms with Crippen LogP contribution >= 0.6 is 11.3 Å². The van der Waals surface area contributed by atoms with Crippen LogP contribution in [0, 0.1) is 12.8 Å². The normalized spacial score (nSPS) is 15.0. The summed E-state index contributed by atoms with van der Waals surface area (Å²) in [6.07, 6.45) is 2.07. The number of anilines is 2. The van der Waals surface area contributed by atoms with Gasteiger partial charge < -0.3 is 10.2 Å². The predicted octanol–water partition coefficient (Wildman–Crippen LogP) is 3.97. The fourth-order valence-electron chi connectivity index (χ4n) is 2.78. The van der Waals surface area contributed by atoms with E-state index in [2.05, 4.69) is 22.5 Å². The number of rotatable bonds is 3. The Morgan fingerprint density at radius 3 is 2.52 bits per heavy atom. The minimum atomic E-state index is -0.370. The Morgan fingerprint density at radius 2 is 1.84 bits per heavy atom. The number of likely N-dealkylation sites (tertiary alicyclic amines) is 1. The highest BCUT2D eigenvalue weighted by atomic mass is 32.1. The standard InChI is InChI=1S/C18H22N4O2S/c1-12-8-10-22(11-9-12)16(23)15-13(2)19-18(25-15)21-17(24)20-14-6-4-3-5-7-14/h3-7,12H,8-11H2,1-2H3,(H2,19,20,21,24). The van der Waals surface area contributed by atoms with Gasteiger partial charge in [-0.15, -0.1) is 0 Å². The molecule has 1 aliphatic rings. The molecule has 2 N–H and O–H groups in total. The summed E-state index contributed by atoms with van der Waals surface area (Å²) in [7, 11) is 0. The first-order valence-corrected chi connectivity index (χ1v) is 9.24. The van der Waals surface area contributed by atoms with Crippen LogP contribution in [0.25, 0.3) is 0 Å². The van der Waals surface area contributed by atoms with Gasteiger partial charge in [0.25, 0.3) is 5.91 Å². The van der Waals surface area contributed by atoms with Crippen LogP contribution < -0.4 is 10.6 Å². The SMILES string of the molecule is Cc1nc(NC(=O)Nc2ccccc2)sc1C(=O)N1CCC(C)CC1. The lowest BCUT2D eigenvalue weighted by molar-refractivity contribution is 0.0701. The molecule has 1 fully saturated rings. The molecule has 1 aromatic carbocycles. The van der Waals surface area contributed by atoms with Crippen molar-refractivity contribution in [3.05, 3.63) is 40.9 Å². The number of hydrogen-bond donors (Lipinski definition) is 2. The molecule has 132 valence electrons. The monoisotopic (exact) mass is 358 g/mol. The van der Waals surface area contributed by atoms with Crippen LogP contribution in [0.2, 0.25) is 0 Å². The van der Waals surface area contributed by atoms with Gasteiger partial charge in [-0.1, -0.05) is 36.5 Å². The molecule has 0 saturated carbocycles. The van der Waals surface area contributed by atoms with Gasteiger partial charge in [0.2, 0.25) is 0 Å². The first-order valence-electron chi connectivity index (χ1n) is 8.42. The minimum absolute atomic E-state index is 0.0124. The maximum atomic E-state index is 12.7. The lowest BCUT2D eigenvalue weighted by Gasteiger charge is -2.29. The van der Waals surface area contributed by atoms with E-state index in [-0.39, 0.29) is 11.9 Å². The highest BCUT2D eigenvalue weighted by Gasteiger charge is 2.25.